The summed E-state index contributed by atoms with van der Waals surface area (Å²) in [5.41, 5.74) is 8.63. The summed E-state index contributed by atoms with van der Waals surface area (Å²) >= 11 is 0. The monoisotopic (exact) mass is 678 g/mol. The van der Waals surface area contributed by atoms with Gasteiger partial charge in [-0.15, -0.1) is 0 Å². The fraction of sp³-hybridized carbons (Fsp3) is 0.217. The van der Waals surface area contributed by atoms with Crippen LogP contribution in [-0.4, -0.2) is 9.13 Å². The zero-order valence-electron chi connectivity index (χ0n) is 30.1. The Morgan fingerprint density at radius 3 is 1.33 bits per heavy atom. The van der Waals surface area contributed by atoms with Crippen molar-refractivity contribution in [1.82, 2.24) is 9.13 Å². The van der Waals surface area contributed by atoms with Crippen molar-refractivity contribution in [2.24, 2.45) is 0 Å². The second-order valence-electron chi connectivity index (χ2n) is 15.9. The lowest BCUT2D eigenvalue weighted by molar-refractivity contribution is -0.137. The summed E-state index contributed by atoms with van der Waals surface area (Å²) in [6.07, 6.45) is -4.55. The van der Waals surface area contributed by atoms with Crippen LogP contribution in [0.3, 0.4) is 0 Å². The molecule has 0 bridgehead atoms. The van der Waals surface area contributed by atoms with Crippen LogP contribution in [0.25, 0.3) is 66.1 Å². The predicted octanol–water partition coefficient (Wildman–Crippen LogP) is 13.5. The first kappa shape index (κ1) is 32.9. The van der Waals surface area contributed by atoms with E-state index in [1.54, 1.807) is 12.1 Å². The number of hydrogen-bond acceptors (Lipinski definition) is 0. The largest absolute Gasteiger partial charge is 0.417 e. The molecule has 0 radical (unpaired) electrons. The SMILES string of the molecule is Cc1ccc(-n2c3ccccc3c3cc(C(C)(C)C)ccc32)cc1-c1cc(-n2c3ccccc3c3cc(C(C)(C)C)ccc32)ccc1C(F)(F)F. The van der Waals surface area contributed by atoms with Crippen LogP contribution >= 0.6 is 0 Å². The summed E-state index contributed by atoms with van der Waals surface area (Å²) in [6, 6.07) is 39.9. The van der Waals surface area contributed by atoms with Gasteiger partial charge < -0.3 is 9.13 Å². The maximum Gasteiger partial charge on any atom is 0.417 e. The van der Waals surface area contributed by atoms with Crippen LogP contribution in [0.15, 0.2) is 121 Å². The van der Waals surface area contributed by atoms with Crippen molar-refractivity contribution in [3.8, 4) is 22.5 Å². The fourth-order valence-corrected chi connectivity index (χ4v) is 7.62. The van der Waals surface area contributed by atoms with Crippen molar-refractivity contribution < 1.29 is 13.2 Å². The van der Waals surface area contributed by atoms with E-state index in [-0.39, 0.29) is 16.4 Å². The summed E-state index contributed by atoms with van der Waals surface area (Å²) in [5, 5.41) is 4.39. The minimum atomic E-state index is -4.55. The van der Waals surface area contributed by atoms with Gasteiger partial charge in [0.25, 0.3) is 0 Å². The molecular weight excluding hydrogens is 638 g/mol. The number of hydrogen-bond donors (Lipinski definition) is 0. The number of aromatic nitrogens is 2. The van der Waals surface area contributed by atoms with Crippen molar-refractivity contribution in [3.05, 3.63) is 144 Å². The van der Waals surface area contributed by atoms with Gasteiger partial charge in [0.05, 0.1) is 27.6 Å². The van der Waals surface area contributed by atoms with E-state index in [9.17, 15) is 13.2 Å². The molecule has 8 aromatic rings. The highest BCUT2D eigenvalue weighted by molar-refractivity contribution is 6.10. The third-order valence-corrected chi connectivity index (χ3v) is 10.4. The van der Waals surface area contributed by atoms with Crippen LogP contribution in [0.5, 0.6) is 0 Å². The van der Waals surface area contributed by atoms with Crippen molar-refractivity contribution in [2.75, 3.05) is 0 Å². The molecule has 51 heavy (non-hydrogen) atoms. The molecule has 0 spiro atoms. The van der Waals surface area contributed by atoms with Gasteiger partial charge in [0.1, 0.15) is 0 Å². The van der Waals surface area contributed by atoms with E-state index < -0.39 is 11.7 Å². The summed E-state index contributed by atoms with van der Waals surface area (Å²) < 4.78 is 49.0. The summed E-state index contributed by atoms with van der Waals surface area (Å²) in [7, 11) is 0. The molecule has 0 saturated heterocycles. The highest BCUT2D eigenvalue weighted by Gasteiger charge is 2.34. The van der Waals surface area contributed by atoms with Crippen molar-refractivity contribution >= 4 is 43.6 Å². The summed E-state index contributed by atoms with van der Waals surface area (Å²) in [6.45, 7) is 15.1. The highest BCUT2D eigenvalue weighted by Crippen LogP contribution is 2.43. The molecule has 2 nitrogen and oxygen atoms in total. The molecule has 0 atom stereocenters. The topological polar surface area (TPSA) is 9.86 Å². The van der Waals surface area contributed by atoms with E-state index in [1.165, 1.54) is 17.2 Å². The van der Waals surface area contributed by atoms with Gasteiger partial charge in [-0.05, 0) is 112 Å². The number of rotatable bonds is 3. The predicted molar refractivity (Wildman–Crippen MR) is 208 cm³/mol. The van der Waals surface area contributed by atoms with Gasteiger partial charge in [-0.2, -0.15) is 13.2 Å². The zero-order chi connectivity index (χ0) is 36.0. The quantitative estimate of drug-likeness (QED) is 0.176. The van der Waals surface area contributed by atoms with E-state index in [0.29, 0.717) is 11.3 Å². The Balaban J connectivity index is 1.37. The van der Waals surface area contributed by atoms with Crippen LogP contribution < -0.4 is 0 Å². The maximum atomic E-state index is 14.9. The van der Waals surface area contributed by atoms with Crippen LogP contribution in [-0.2, 0) is 17.0 Å². The van der Waals surface area contributed by atoms with Crippen molar-refractivity contribution in [2.45, 2.75) is 65.5 Å². The molecule has 8 rings (SSSR count). The van der Waals surface area contributed by atoms with E-state index >= 15 is 0 Å². The van der Waals surface area contributed by atoms with Crippen LogP contribution in [0.2, 0.25) is 0 Å². The molecule has 5 heteroatoms. The average molecular weight is 679 g/mol. The smallest absolute Gasteiger partial charge is 0.309 e. The van der Waals surface area contributed by atoms with Gasteiger partial charge in [0, 0.05) is 32.9 Å². The lowest BCUT2D eigenvalue weighted by Gasteiger charge is -2.20. The molecule has 0 N–H and O–H groups in total. The van der Waals surface area contributed by atoms with E-state index in [0.717, 1.165) is 54.9 Å². The molecule has 0 unspecified atom stereocenters. The fourth-order valence-electron chi connectivity index (χ4n) is 7.62. The van der Waals surface area contributed by atoms with Gasteiger partial charge in [-0.25, -0.2) is 0 Å². The second kappa shape index (κ2) is 11.4. The lowest BCUT2D eigenvalue weighted by Crippen LogP contribution is -2.10. The minimum absolute atomic E-state index is 0.0291. The van der Waals surface area contributed by atoms with Gasteiger partial charge in [0.15, 0.2) is 0 Å². The first-order valence-corrected chi connectivity index (χ1v) is 17.5. The molecule has 256 valence electrons. The number of halogens is 3. The number of nitrogens with zero attached hydrogens (tertiary/aromatic N) is 2. The van der Waals surface area contributed by atoms with Crippen LogP contribution in [0.1, 0.15) is 63.8 Å². The maximum absolute atomic E-state index is 14.9. The molecule has 6 aromatic carbocycles. The van der Waals surface area contributed by atoms with Gasteiger partial charge in [-0.1, -0.05) is 96.1 Å². The van der Waals surface area contributed by atoms with E-state index in [2.05, 4.69) is 105 Å². The molecular formula is C46H41F3N2. The Morgan fingerprint density at radius 2 is 0.863 bits per heavy atom. The number of alkyl halides is 3. The van der Waals surface area contributed by atoms with Gasteiger partial charge in [0.2, 0.25) is 0 Å². The van der Waals surface area contributed by atoms with E-state index in [4.69, 9.17) is 0 Å². The molecule has 2 aromatic heterocycles. The standard InChI is InChI=1S/C46H41F3N2/c1-28-16-19-31(50-40-14-10-8-12-33(40)37-24-29(44(2,3)4)17-22-42(37)50)26-35(28)36-27-32(20-21-39(36)46(47,48)49)51-41-15-11-9-13-34(41)38-25-30(45(5,6)7)18-23-43(38)51/h8-27H,1-7H3. The molecule has 0 aliphatic heterocycles. The third-order valence-electron chi connectivity index (χ3n) is 10.4. The number of para-hydroxylation sites is 2. The van der Waals surface area contributed by atoms with Crippen LogP contribution in [0, 0.1) is 6.92 Å². The number of aryl methyl sites for hydroxylation is 1. The third kappa shape index (κ3) is 5.42. The first-order valence-electron chi connectivity index (χ1n) is 17.5. The normalized spacial score (nSPS) is 12.9. The Kier molecular flexibility index (Phi) is 7.33. The highest BCUT2D eigenvalue weighted by atomic mass is 19.4. The molecule has 0 aliphatic carbocycles. The minimum Gasteiger partial charge on any atom is -0.309 e. The Labute approximate surface area is 296 Å². The Hall–Kier alpha value is -5.29. The second-order valence-corrected chi connectivity index (χ2v) is 15.9. The molecule has 0 saturated carbocycles. The number of benzene rings is 6. The average Bonchev–Trinajstić information content (AvgIpc) is 3.59. The molecule has 0 fully saturated rings. The zero-order valence-corrected chi connectivity index (χ0v) is 30.1. The Morgan fingerprint density at radius 1 is 0.431 bits per heavy atom. The van der Waals surface area contributed by atoms with Crippen molar-refractivity contribution in [3.63, 3.8) is 0 Å². The lowest BCUT2D eigenvalue weighted by atomic mass is 9.86. The van der Waals surface area contributed by atoms with Crippen molar-refractivity contribution in [1.29, 1.82) is 0 Å². The molecule has 2 heterocycles. The van der Waals surface area contributed by atoms with Gasteiger partial charge in [-0.3, -0.25) is 0 Å². The number of fused-ring (bicyclic) bond motifs is 6. The first-order chi connectivity index (χ1) is 24.1. The molecule has 0 aliphatic rings. The van der Waals surface area contributed by atoms with E-state index in [1.807, 2.05) is 55.5 Å². The van der Waals surface area contributed by atoms with Crippen LogP contribution in [0.4, 0.5) is 13.2 Å². The Bertz CT molecular complexity index is 2650. The molecule has 0 amide bonds. The summed E-state index contributed by atoms with van der Waals surface area (Å²) in [5.74, 6) is 0. The van der Waals surface area contributed by atoms with Gasteiger partial charge >= 0.3 is 6.18 Å². The summed E-state index contributed by atoms with van der Waals surface area (Å²) in [4.78, 5) is 0.